The molecule has 0 aromatic carbocycles. The topological polar surface area (TPSA) is 240 Å². The van der Waals surface area contributed by atoms with E-state index in [1.165, 1.54) is 0 Å². The molecule has 2 rings (SSSR count). The highest BCUT2D eigenvalue weighted by Crippen LogP contribution is 2.21. The van der Waals surface area contributed by atoms with Crippen LogP contribution in [0, 0.1) is 0 Å². The van der Waals surface area contributed by atoms with Crippen molar-refractivity contribution < 1.29 is 62.4 Å². The van der Waals surface area contributed by atoms with Crippen LogP contribution in [0.2, 0.25) is 0 Å². The lowest BCUT2D eigenvalue weighted by Crippen LogP contribution is -2.63. The second kappa shape index (κ2) is 8.07. The van der Waals surface area contributed by atoms with E-state index >= 15 is 0 Å². The molecule has 24 heavy (non-hydrogen) atoms. The average Bonchev–Trinajstić information content (AvgIpc) is 2.58. The molecule has 2 saturated carbocycles. The summed E-state index contributed by atoms with van der Waals surface area (Å²) in [5.74, 6) is -1.08. The molecule has 0 amide bonds. The summed E-state index contributed by atoms with van der Waals surface area (Å²) in [7, 11) is 0. The zero-order valence-corrected chi connectivity index (χ0v) is 12.2. The zero-order valence-electron chi connectivity index (χ0n) is 13.2. The van der Waals surface area contributed by atoms with E-state index in [1.807, 2.05) is 0 Å². The monoisotopic (exact) mass is 359 g/mol. The number of hydrogen-bond donors (Lipinski definition) is 11. The van der Waals surface area contributed by atoms with Gasteiger partial charge < -0.3 is 56.2 Å². The number of carbonyl (C=O) groups is 1. The summed E-state index contributed by atoms with van der Waals surface area (Å²) in [5.41, 5.74) is 0. The summed E-state index contributed by atoms with van der Waals surface area (Å²) < 4.78 is 0. The highest BCUT2D eigenvalue weighted by atomic mass is 16.4. The highest BCUT2D eigenvalue weighted by molar-refractivity contribution is 5.89. The molecular formula is C12H23O12+. The Morgan fingerprint density at radius 3 is 0.792 bits per heavy atom. The Kier molecular flexibility index (Phi) is 7.16. The molecule has 0 heterocycles. The number of Topliss-reactive ketones (excluding diaryl/α,β-unsaturated/α-hetero) is 1. The molecule has 0 aromatic heterocycles. The number of aliphatic hydroxyl groups excluding tert-OH is 11. The SMILES string of the molecule is O=C1C(O)C(O)C(O)[C@H](O)C1O.OC1C(O)C(O)C(O)C(O)C1O.[H+]. The van der Waals surface area contributed by atoms with Crippen LogP contribution in [0.15, 0.2) is 0 Å². The van der Waals surface area contributed by atoms with Crippen LogP contribution in [0.3, 0.4) is 0 Å². The normalized spacial score (nSPS) is 52.5. The molecule has 2 fully saturated rings. The summed E-state index contributed by atoms with van der Waals surface area (Å²) in [6, 6.07) is 0. The molecule has 5 atom stereocenters. The van der Waals surface area contributed by atoms with Crippen LogP contribution in [0.1, 0.15) is 1.43 Å². The first kappa shape index (κ1) is 21.3. The molecule has 142 valence electrons. The van der Waals surface area contributed by atoms with Crippen LogP contribution in [-0.4, -0.2) is 129 Å². The minimum Gasteiger partial charge on any atom is -0.387 e. The molecule has 2 aliphatic carbocycles. The van der Waals surface area contributed by atoms with E-state index in [9.17, 15) is 4.79 Å². The summed E-state index contributed by atoms with van der Waals surface area (Å²) >= 11 is 0. The fourth-order valence-electron chi connectivity index (χ4n) is 2.30. The maximum atomic E-state index is 10.8. The van der Waals surface area contributed by atoms with Crippen LogP contribution in [-0.2, 0) is 4.79 Å². The molecular weight excluding hydrogens is 336 g/mol. The number of hydrogen-bond acceptors (Lipinski definition) is 12. The predicted octanol–water partition coefficient (Wildman–Crippen LogP) is -7.35. The predicted molar refractivity (Wildman–Crippen MR) is 72.2 cm³/mol. The third-order valence-electron chi connectivity index (χ3n) is 4.03. The maximum absolute atomic E-state index is 10.8. The number of carbonyl (C=O) groups excluding carboxylic acids is 1. The van der Waals surface area contributed by atoms with Gasteiger partial charge in [-0.15, -0.1) is 0 Å². The van der Waals surface area contributed by atoms with Crippen molar-refractivity contribution in [1.29, 1.82) is 0 Å². The van der Waals surface area contributed by atoms with E-state index in [0.717, 1.165) is 0 Å². The van der Waals surface area contributed by atoms with Gasteiger partial charge in [-0.05, 0) is 0 Å². The van der Waals surface area contributed by atoms with Crippen molar-refractivity contribution in [1.82, 2.24) is 0 Å². The highest BCUT2D eigenvalue weighted by Gasteiger charge is 2.48. The summed E-state index contributed by atoms with van der Waals surface area (Å²) in [5, 5.41) is 98.3. The molecule has 12 nitrogen and oxygen atoms in total. The fourth-order valence-corrected chi connectivity index (χ4v) is 2.30. The Labute approximate surface area is 136 Å². The smallest absolute Gasteiger partial charge is 0.387 e. The van der Waals surface area contributed by atoms with Gasteiger partial charge in [-0.3, -0.25) is 4.79 Å². The first-order chi connectivity index (χ1) is 10.9. The Hall–Kier alpha value is -0.770. The largest absolute Gasteiger partial charge is 1.00 e. The number of ketones is 1. The molecule has 0 spiro atoms. The molecule has 0 saturated heterocycles. The molecule has 4 unspecified atom stereocenters. The van der Waals surface area contributed by atoms with Gasteiger partial charge in [0.1, 0.15) is 67.1 Å². The van der Waals surface area contributed by atoms with Gasteiger partial charge in [0.05, 0.1) is 0 Å². The lowest BCUT2D eigenvalue weighted by atomic mass is 9.85. The van der Waals surface area contributed by atoms with Crippen LogP contribution < -0.4 is 0 Å². The van der Waals surface area contributed by atoms with Crippen LogP contribution in [0.25, 0.3) is 0 Å². The van der Waals surface area contributed by atoms with Crippen molar-refractivity contribution >= 4 is 5.78 Å². The van der Waals surface area contributed by atoms with E-state index in [1.54, 1.807) is 0 Å². The fraction of sp³-hybridized carbons (Fsp3) is 0.917. The average molecular weight is 359 g/mol. The van der Waals surface area contributed by atoms with E-state index in [-0.39, 0.29) is 1.43 Å². The van der Waals surface area contributed by atoms with E-state index < -0.39 is 72.9 Å². The van der Waals surface area contributed by atoms with Crippen LogP contribution >= 0.6 is 0 Å². The van der Waals surface area contributed by atoms with Gasteiger partial charge in [-0.25, -0.2) is 0 Å². The standard InChI is InChI=1S/C6H12O6.C6H10O6/c2*7-1-2(8)4(10)6(12)5(11)3(1)9/h1-12H;1-5,7-11H/p+1/t;1?,2-,3?,4?,5?/m.0/s1. The lowest BCUT2D eigenvalue weighted by molar-refractivity contribution is -0.223. The molecule has 12 heteroatoms. The summed E-state index contributed by atoms with van der Waals surface area (Å²) in [4.78, 5) is 10.8. The Bertz CT molecular complexity index is 362. The molecule has 2 aliphatic rings. The van der Waals surface area contributed by atoms with Crippen molar-refractivity contribution in [2.45, 2.75) is 67.1 Å². The van der Waals surface area contributed by atoms with Gasteiger partial charge in [0.2, 0.25) is 0 Å². The summed E-state index contributed by atoms with van der Waals surface area (Å²) in [6.07, 6.45) is -18.7. The first-order valence-electron chi connectivity index (χ1n) is 6.95. The third-order valence-corrected chi connectivity index (χ3v) is 4.03. The minimum atomic E-state index is -1.83. The van der Waals surface area contributed by atoms with Crippen molar-refractivity contribution in [2.24, 2.45) is 0 Å². The van der Waals surface area contributed by atoms with Crippen LogP contribution in [0.5, 0.6) is 0 Å². The quantitative estimate of drug-likeness (QED) is 0.193. The second-order valence-electron chi connectivity index (χ2n) is 5.71. The van der Waals surface area contributed by atoms with E-state index in [0.29, 0.717) is 0 Å². The van der Waals surface area contributed by atoms with Crippen molar-refractivity contribution in [2.75, 3.05) is 0 Å². The van der Waals surface area contributed by atoms with Gasteiger partial charge in [0.15, 0.2) is 5.78 Å². The number of aliphatic hydroxyl groups is 11. The molecule has 0 aliphatic heterocycles. The second-order valence-corrected chi connectivity index (χ2v) is 5.71. The summed E-state index contributed by atoms with van der Waals surface area (Å²) in [6.45, 7) is 0. The third kappa shape index (κ3) is 3.89. The Morgan fingerprint density at radius 1 is 0.417 bits per heavy atom. The van der Waals surface area contributed by atoms with Crippen LogP contribution in [0.4, 0.5) is 0 Å². The van der Waals surface area contributed by atoms with Gasteiger partial charge in [0, 0.05) is 0 Å². The van der Waals surface area contributed by atoms with Gasteiger partial charge >= 0.3 is 1.43 Å². The van der Waals surface area contributed by atoms with Gasteiger partial charge in [-0.1, -0.05) is 0 Å². The van der Waals surface area contributed by atoms with Crippen molar-refractivity contribution in [3.05, 3.63) is 0 Å². The zero-order chi connectivity index (χ0) is 18.9. The first-order valence-corrected chi connectivity index (χ1v) is 6.95. The van der Waals surface area contributed by atoms with Crippen molar-refractivity contribution in [3.8, 4) is 0 Å². The van der Waals surface area contributed by atoms with Crippen molar-refractivity contribution in [3.63, 3.8) is 0 Å². The minimum absolute atomic E-state index is 0. The molecule has 0 bridgehead atoms. The lowest BCUT2D eigenvalue weighted by Gasteiger charge is -2.39. The molecule has 0 aromatic rings. The van der Waals surface area contributed by atoms with E-state index in [2.05, 4.69) is 0 Å². The maximum Gasteiger partial charge on any atom is 1.00 e. The van der Waals surface area contributed by atoms with Gasteiger partial charge in [-0.2, -0.15) is 0 Å². The number of rotatable bonds is 0. The van der Waals surface area contributed by atoms with Gasteiger partial charge in [0.25, 0.3) is 0 Å². The van der Waals surface area contributed by atoms with E-state index in [4.69, 9.17) is 56.2 Å². The Morgan fingerprint density at radius 2 is 0.583 bits per heavy atom. The molecule has 0 radical (unpaired) electrons. The molecule has 11 N–H and O–H groups in total. The Balaban J connectivity index is 0.000000443.